The molecule has 0 saturated carbocycles. The van der Waals surface area contributed by atoms with Crippen LogP contribution in [0.5, 0.6) is 0 Å². The highest BCUT2D eigenvalue weighted by atomic mass is 32.1. The zero-order valence-electron chi connectivity index (χ0n) is 9.22. The Morgan fingerprint density at radius 2 is 2.33 bits per heavy atom. The van der Waals surface area contributed by atoms with E-state index in [4.69, 9.17) is 5.73 Å². The van der Waals surface area contributed by atoms with E-state index in [0.717, 1.165) is 12.5 Å². The van der Waals surface area contributed by atoms with E-state index in [-0.39, 0.29) is 0 Å². The van der Waals surface area contributed by atoms with Crippen LogP contribution >= 0.6 is 11.3 Å². The number of thiazole rings is 1. The van der Waals surface area contributed by atoms with Gasteiger partial charge in [0, 0.05) is 11.6 Å². The Labute approximate surface area is 95.3 Å². The Morgan fingerprint density at radius 1 is 1.60 bits per heavy atom. The zero-order chi connectivity index (χ0) is 10.7. The third-order valence-corrected chi connectivity index (χ3v) is 4.28. The van der Waals surface area contributed by atoms with Crippen LogP contribution < -0.4 is 5.73 Å². The van der Waals surface area contributed by atoms with Crippen LogP contribution in [0, 0.1) is 5.92 Å². The van der Waals surface area contributed by atoms with Gasteiger partial charge in [0.1, 0.15) is 5.01 Å². The SMILES string of the molecule is C[C@@H](c1nccs1)N1CCC(CN)CC1. The van der Waals surface area contributed by atoms with Crippen molar-refractivity contribution in [2.75, 3.05) is 19.6 Å². The predicted molar refractivity (Wildman–Crippen MR) is 63.9 cm³/mol. The summed E-state index contributed by atoms with van der Waals surface area (Å²) >= 11 is 1.75. The van der Waals surface area contributed by atoms with Crippen molar-refractivity contribution in [3.05, 3.63) is 16.6 Å². The van der Waals surface area contributed by atoms with Gasteiger partial charge >= 0.3 is 0 Å². The standard InChI is InChI=1S/C11H19N3S/c1-9(11-13-4-7-15-11)14-5-2-10(8-12)3-6-14/h4,7,9-10H,2-3,5-6,8,12H2,1H3/t9-/m0/s1. The van der Waals surface area contributed by atoms with Gasteiger partial charge in [-0.1, -0.05) is 0 Å². The average molecular weight is 225 g/mol. The quantitative estimate of drug-likeness (QED) is 0.854. The molecule has 15 heavy (non-hydrogen) atoms. The van der Waals surface area contributed by atoms with Crippen LogP contribution in [0.1, 0.15) is 30.8 Å². The summed E-state index contributed by atoms with van der Waals surface area (Å²) in [4.78, 5) is 6.90. The van der Waals surface area contributed by atoms with Gasteiger partial charge in [-0.3, -0.25) is 4.90 Å². The molecule has 0 aliphatic carbocycles. The third kappa shape index (κ3) is 2.56. The highest BCUT2D eigenvalue weighted by molar-refractivity contribution is 7.09. The van der Waals surface area contributed by atoms with Crippen LogP contribution in [0.2, 0.25) is 0 Å². The maximum Gasteiger partial charge on any atom is 0.109 e. The monoisotopic (exact) mass is 225 g/mol. The fourth-order valence-electron chi connectivity index (χ4n) is 2.17. The van der Waals surface area contributed by atoms with Gasteiger partial charge in [-0.2, -0.15) is 0 Å². The molecule has 0 aromatic carbocycles. The molecule has 0 unspecified atom stereocenters. The maximum atomic E-state index is 5.69. The summed E-state index contributed by atoms with van der Waals surface area (Å²) in [5, 5.41) is 3.29. The van der Waals surface area contributed by atoms with Crippen LogP contribution in [0.15, 0.2) is 11.6 Å². The molecule has 1 aliphatic heterocycles. The molecule has 1 saturated heterocycles. The lowest BCUT2D eigenvalue weighted by Crippen LogP contribution is -2.37. The third-order valence-electron chi connectivity index (χ3n) is 3.34. The highest BCUT2D eigenvalue weighted by Crippen LogP contribution is 2.26. The van der Waals surface area contributed by atoms with Crippen molar-refractivity contribution in [1.82, 2.24) is 9.88 Å². The van der Waals surface area contributed by atoms with Gasteiger partial charge in [0.25, 0.3) is 0 Å². The fourth-order valence-corrected chi connectivity index (χ4v) is 2.90. The maximum absolute atomic E-state index is 5.69. The molecule has 0 bridgehead atoms. The van der Waals surface area contributed by atoms with Crippen LogP contribution in [0.25, 0.3) is 0 Å². The molecular weight excluding hydrogens is 206 g/mol. The Morgan fingerprint density at radius 3 is 2.87 bits per heavy atom. The Bertz CT molecular complexity index is 278. The summed E-state index contributed by atoms with van der Waals surface area (Å²) in [7, 11) is 0. The van der Waals surface area contributed by atoms with Gasteiger partial charge < -0.3 is 5.73 Å². The Kier molecular flexibility index (Phi) is 3.72. The average Bonchev–Trinajstić information content (AvgIpc) is 2.82. The normalized spacial score (nSPS) is 21.7. The molecular formula is C11H19N3S. The molecule has 84 valence electrons. The van der Waals surface area contributed by atoms with Crippen molar-refractivity contribution in [3.63, 3.8) is 0 Å². The minimum Gasteiger partial charge on any atom is -0.330 e. The second-order valence-electron chi connectivity index (χ2n) is 4.26. The number of likely N-dealkylation sites (tertiary alicyclic amines) is 1. The van der Waals surface area contributed by atoms with Crippen molar-refractivity contribution in [2.45, 2.75) is 25.8 Å². The van der Waals surface area contributed by atoms with Gasteiger partial charge in [0.15, 0.2) is 0 Å². The summed E-state index contributed by atoms with van der Waals surface area (Å²) in [5.74, 6) is 0.741. The van der Waals surface area contributed by atoms with Crippen molar-refractivity contribution in [2.24, 2.45) is 11.7 Å². The summed E-state index contributed by atoms with van der Waals surface area (Å²) in [6.45, 7) is 5.44. The predicted octanol–water partition coefficient (Wildman–Crippen LogP) is 1.87. The van der Waals surface area contributed by atoms with Gasteiger partial charge in [0.2, 0.25) is 0 Å². The Hall–Kier alpha value is -0.450. The summed E-state index contributed by atoms with van der Waals surface area (Å²) in [5.41, 5.74) is 5.69. The Balaban J connectivity index is 1.90. The van der Waals surface area contributed by atoms with Gasteiger partial charge in [-0.05, 0) is 45.3 Å². The molecule has 1 aliphatic rings. The molecule has 2 N–H and O–H groups in total. The number of piperidine rings is 1. The van der Waals surface area contributed by atoms with Crippen molar-refractivity contribution < 1.29 is 0 Å². The molecule has 1 fully saturated rings. The lowest BCUT2D eigenvalue weighted by molar-refractivity contribution is 0.143. The van der Waals surface area contributed by atoms with Crippen molar-refractivity contribution >= 4 is 11.3 Å². The molecule has 0 amide bonds. The molecule has 0 spiro atoms. The second kappa shape index (κ2) is 5.05. The van der Waals surface area contributed by atoms with E-state index >= 15 is 0 Å². The van der Waals surface area contributed by atoms with E-state index < -0.39 is 0 Å². The molecule has 2 heterocycles. The molecule has 2 rings (SSSR count). The minimum atomic E-state index is 0.476. The number of hydrogen-bond donors (Lipinski definition) is 1. The van der Waals surface area contributed by atoms with Gasteiger partial charge in [-0.15, -0.1) is 11.3 Å². The second-order valence-corrected chi connectivity index (χ2v) is 5.19. The molecule has 1 atom stereocenters. The van der Waals surface area contributed by atoms with Crippen molar-refractivity contribution in [1.29, 1.82) is 0 Å². The van der Waals surface area contributed by atoms with Crippen molar-refractivity contribution in [3.8, 4) is 0 Å². The summed E-state index contributed by atoms with van der Waals surface area (Å²) < 4.78 is 0. The largest absolute Gasteiger partial charge is 0.330 e. The first kappa shape index (κ1) is 11.0. The van der Waals surface area contributed by atoms with Gasteiger partial charge in [0.05, 0.1) is 6.04 Å². The van der Waals surface area contributed by atoms with Gasteiger partial charge in [-0.25, -0.2) is 4.98 Å². The molecule has 4 heteroatoms. The van der Waals surface area contributed by atoms with E-state index in [0.29, 0.717) is 6.04 Å². The number of aromatic nitrogens is 1. The van der Waals surface area contributed by atoms with Crippen LogP contribution in [0.4, 0.5) is 0 Å². The van der Waals surface area contributed by atoms with Crippen LogP contribution in [-0.2, 0) is 0 Å². The smallest absolute Gasteiger partial charge is 0.109 e. The number of nitrogens with two attached hydrogens (primary N) is 1. The van der Waals surface area contributed by atoms with E-state index in [1.165, 1.54) is 30.9 Å². The minimum absolute atomic E-state index is 0.476. The lowest BCUT2D eigenvalue weighted by Gasteiger charge is -2.34. The molecule has 0 radical (unpaired) electrons. The lowest BCUT2D eigenvalue weighted by atomic mass is 9.96. The van der Waals surface area contributed by atoms with E-state index in [2.05, 4.69) is 22.2 Å². The van der Waals surface area contributed by atoms with E-state index in [1.807, 2.05) is 6.20 Å². The topological polar surface area (TPSA) is 42.2 Å². The first-order valence-electron chi connectivity index (χ1n) is 5.64. The molecule has 1 aromatic heterocycles. The van der Waals surface area contributed by atoms with Crippen LogP contribution in [0.3, 0.4) is 0 Å². The number of nitrogens with zero attached hydrogens (tertiary/aromatic N) is 2. The van der Waals surface area contributed by atoms with E-state index in [1.54, 1.807) is 11.3 Å². The fraction of sp³-hybridized carbons (Fsp3) is 0.727. The first-order valence-corrected chi connectivity index (χ1v) is 6.52. The van der Waals surface area contributed by atoms with E-state index in [9.17, 15) is 0 Å². The van der Waals surface area contributed by atoms with Crippen LogP contribution in [-0.4, -0.2) is 29.5 Å². The first-order chi connectivity index (χ1) is 7.31. The molecule has 1 aromatic rings. The summed E-state index contributed by atoms with van der Waals surface area (Å²) in [6.07, 6.45) is 4.38. The highest BCUT2D eigenvalue weighted by Gasteiger charge is 2.23. The summed E-state index contributed by atoms with van der Waals surface area (Å²) in [6, 6.07) is 0.476. The number of hydrogen-bond acceptors (Lipinski definition) is 4. The molecule has 3 nitrogen and oxygen atoms in total. The number of rotatable bonds is 3. The zero-order valence-corrected chi connectivity index (χ0v) is 10.0.